The number of hydrogen-bond donors (Lipinski definition) is 1. The molecule has 0 radical (unpaired) electrons. The van der Waals surface area contributed by atoms with Gasteiger partial charge in [-0.25, -0.2) is 0 Å². The summed E-state index contributed by atoms with van der Waals surface area (Å²) in [6.45, 7) is 0.0882. The zero-order valence-corrected chi connectivity index (χ0v) is 15.6. The first kappa shape index (κ1) is 18.9. The predicted octanol–water partition coefficient (Wildman–Crippen LogP) is 3.88. The molecule has 0 amide bonds. The van der Waals surface area contributed by atoms with Crippen LogP contribution in [-0.4, -0.2) is 25.8 Å². The summed E-state index contributed by atoms with van der Waals surface area (Å²) in [5.41, 5.74) is 1.46. The van der Waals surface area contributed by atoms with E-state index < -0.39 is 4.92 Å². The van der Waals surface area contributed by atoms with Gasteiger partial charge in [-0.15, -0.1) is 0 Å². The minimum absolute atomic E-state index is 0.0882. The molecule has 2 heterocycles. The summed E-state index contributed by atoms with van der Waals surface area (Å²) >= 11 is 0. The lowest BCUT2D eigenvalue weighted by molar-refractivity contribution is -0.384. The van der Waals surface area contributed by atoms with E-state index in [0.29, 0.717) is 11.4 Å². The van der Waals surface area contributed by atoms with Gasteiger partial charge in [0.1, 0.15) is 5.69 Å². The fourth-order valence-electron chi connectivity index (χ4n) is 2.85. The van der Waals surface area contributed by atoms with E-state index in [2.05, 4.69) is 20.4 Å². The number of ketones is 1. The Bertz CT molecular complexity index is 1190. The molecule has 0 bridgehead atoms. The van der Waals surface area contributed by atoms with Gasteiger partial charge >= 0.3 is 0 Å². The van der Waals surface area contributed by atoms with Crippen molar-refractivity contribution in [3.05, 3.63) is 100 Å². The summed E-state index contributed by atoms with van der Waals surface area (Å²) < 4.78 is 5.19. The van der Waals surface area contributed by atoms with Gasteiger partial charge in [-0.3, -0.25) is 19.9 Å². The van der Waals surface area contributed by atoms with E-state index in [4.69, 9.17) is 4.52 Å². The van der Waals surface area contributed by atoms with E-state index in [1.54, 1.807) is 60.9 Å². The molecule has 9 nitrogen and oxygen atoms in total. The van der Waals surface area contributed by atoms with E-state index in [9.17, 15) is 14.9 Å². The van der Waals surface area contributed by atoms with E-state index in [1.165, 1.54) is 12.1 Å². The number of aromatic nitrogens is 3. The van der Waals surface area contributed by atoms with Crippen molar-refractivity contribution in [3.8, 4) is 11.4 Å². The van der Waals surface area contributed by atoms with Crippen LogP contribution >= 0.6 is 0 Å². The topological polar surface area (TPSA) is 124 Å². The van der Waals surface area contributed by atoms with Gasteiger partial charge in [0, 0.05) is 35.2 Å². The number of nitrogens with one attached hydrogen (secondary N) is 1. The monoisotopic (exact) mass is 401 g/mol. The van der Waals surface area contributed by atoms with Crippen molar-refractivity contribution in [1.29, 1.82) is 0 Å². The number of rotatable bonds is 7. The maximum absolute atomic E-state index is 12.6. The molecular formula is C21H15N5O4. The third-order valence-electron chi connectivity index (χ3n) is 4.33. The molecule has 4 aromatic rings. The lowest BCUT2D eigenvalue weighted by atomic mass is 10.0. The molecular weight excluding hydrogens is 386 g/mol. The Morgan fingerprint density at radius 1 is 1.03 bits per heavy atom. The van der Waals surface area contributed by atoms with Crippen LogP contribution in [0.15, 0.2) is 77.6 Å². The smallest absolute Gasteiger partial charge is 0.293 e. The number of carbonyl (C=O) groups is 1. The van der Waals surface area contributed by atoms with Crippen molar-refractivity contribution >= 4 is 17.2 Å². The molecule has 0 aliphatic carbocycles. The highest BCUT2D eigenvalue weighted by Crippen LogP contribution is 2.27. The van der Waals surface area contributed by atoms with Crippen molar-refractivity contribution in [2.45, 2.75) is 6.54 Å². The van der Waals surface area contributed by atoms with Crippen LogP contribution in [-0.2, 0) is 6.54 Å². The van der Waals surface area contributed by atoms with Crippen molar-refractivity contribution in [2.24, 2.45) is 0 Å². The second-order valence-electron chi connectivity index (χ2n) is 6.29. The van der Waals surface area contributed by atoms with Gasteiger partial charge < -0.3 is 9.84 Å². The summed E-state index contributed by atoms with van der Waals surface area (Å²) in [6.07, 6.45) is 3.23. The predicted molar refractivity (Wildman–Crippen MR) is 108 cm³/mol. The second-order valence-corrected chi connectivity index (χ2v) is 6.29. The molecule has 2 aromatic heterocycles. The molecule has 0 saturated heterocycles. The molecule has 0 aliphatic heterocycles. The zero-order valence-electron chi connectivity index (χ0n) is 15.6. The Morgan fingerprint density at radius 2 is 1.80 bits per heavy atom. The van der Waals surface area contributed by atoms with E-state index in [0.717, 1.165) is 5.56 Å². The molecule has 0 atom stereocenters. The Hall–Kier alpha value is -4.40. The van der Waals surface area contributed by atoms with Gasteiger partial charge in [0.2, 0.25) is 11.7 Å². The van der Waals surface area contributed by atoms with E-state index in [1.807, 2.05) is 0 Å². The van der Waals surface area contributed by atoms with Crippen molar-refractivity contribution in [3.63, 3.8) is 0 Å². The number of benzene rings is 2. The van der Waals surface area contributed by atoms with Crippen LogP contribution in [0.3, 0.4) is 0 Å². The van der Waals surface area contributed by atoms with Crippen LogP contribution in [0.4, 0.5) is 11.4 Å². The fourth-order valence-corrected chi connectivity index (χ4v) is 2.85. The van der Waals surface area contributed by atoms with Crippen LogP contribution in [0.1, 0.15) is 21.8 Å². The lowest BCUT2D eigenvalue weighted by Gasteiger charge is -2.07. The quantitative estimate of drug-likeness (QED) is 0.281. The van der Waals surface area contributed by atoms with Crippen LogP contribution in [0.2, 0.25) is 0 Å². The van der Waals surface area contributed by atoms with E-state index >= 15 is 0 Å². The molecule has 9 heteroatoms. The molecule has 0 saturated carbocycles. The maximum Gasteiger partial charge on any atom is 0.293 e. The first-order chi connectivity index (χ1) is 14.6. The third kappa shape index (κ3) is 4.04. The number of pyridine rings is 1. The average Bonchev–Trinajstić information content (AvgIpc) is 3.27. The zero-order chi connectivity index (χ0) is 20.9. The first-order valence-electron chi connectivity index (χ1n) is 8.97. The standard InChI is InChI=1S/C21H15N5O4/c27-20(14-4-2-1-3-5-14)16-6-7-17(18(12-16)26(28)29)23-13-19-24-21(25-30-19)15-8-10-22-11-9-15/h1-12,23H,13H2. The first-order valence-corrected chi connectivity index (χ1v) is 8.97. The number of carbonyl (C=O) groups excluding carboxylic acids is 1. The molecule has 30 heavy (non-hydrogen) atoms. The Morgan fingerprint density at radius 3 is 2.53 bits per heavy atom. The molecule has 0 aliphatic rings. The summed E-state index contributed by atoms with van der Waals surface area (Å²) in [4.78, 5) is 31.8. The minimum atomic E-state index is -0.541. The number of anilines is 1. The second kappa shape index (κ2) is 8.31. The fraction of sp³-hybridized carbons (Fsp3) is 0.0476. The lowest BCUT2D eigenvalue weighted by Crippen LogP contribution is -2.06. The summed E-state index contributed by atoms with van der Waals surface area (Å²) in [5, 5.41) is 18.3. The van der Waals surface area contributed by atoms with Crippen LogP contribution in [0.25, 0.3) is 11.4 Å². The number of nitrogens with zero attached hydrogens (tertiary/aromatic N) is 4. The molecule has 1 N–H and O–H groups in total. The normalized spacial score (nSPS) is 10.5. The Balaban J connectivity index is 1.52. The highest BCUT2D eigenvalue weighted by Gasteiger charge is 2.19. The SMILES string of the molecule is O=C(c1ccccc1)c1ccc(NCc2nc(-c3ccncc3)no2)c([N+](=O)[O-])c1. The molecule has 4 rings (SSSR count). The average molecular weight is 401 g/mol. The summed E-state index contributed by atoms with van der Waals surface area (Å²) in [7, 11) is 0. The van der Waals surface area contributed by atoms with Crippen molar-refractivity contribution < 1.29 is 14.2 Å². The Labute approximate surface area is 170 Å². The van der Waals surface area contributed by atoms with Crippen LogP contribution in [0, 0.1) is 10.1 Å². The number of nitro groups is 1. The minimum Gasteiger partial charge on any atom is -0.371 e. The summed E-state index contributed by atoms with van der Waals surface area (Å²) in [5.74, 6) is 0.372. The van der Waals surface area contributed by atoms with Gasteiger partial charge in [-0.2, -0.15) is 4.98 Å². The van der Waals surface area contributed by atoms with Crippen LogP contribution < -0.4 is 5.32 Å². The molecule has 0 unspecified atom stereocenters. The van der Waals surface area contributed by atoms with E-state index in [-0.39, 0.29) is 35.2 Å². The van der Waals surface area contributed by atoms with Gasteiger partial charge in [0.05, 0.1) is 11.5 Å². The number of nitro benzene ring substituents is 1. The van der Waals surface area contributed by atoms with Gasteiger partial charge in [-0.1, -0.05) is 35.5 Å². The number of hydrogen-bond acceptors (Lipinski definition) is 8. The highest BCUT2D eigenvalue weighted by atomic mass is 16.6. The molecule has 0 spiro atoms. The maximum atomic E-state index is 12.6. The van der Waals surface area contributed by atoms with Crippen molar-refractivity contribution in [2.75, 3.05) is 5.32 Å². The molecule has 0 fully saturated rings. The summed E-state index contributed by atoms with van der Waals surface area (Å²) in [6, 6.07) is 16.4. The van der Waals surface area contributed by atoms with Gasteiger partial charge in [0.25, 0.3) is 5.69 Å². The molecule has 2 aromatic carbocycles. The van der Waals surface area contributed by atoms with Gasteiger partial charge in [-0.05, 0) is 24.3 Å². The largest absolute Gasteiger partial charge is 0.371 e. The third-order valence-corrected chi connectivity index (χ3v) is 4.33. The Kier molecular flexibility index (Phi) is 5.25. The van der Waals surface area contributed by atoms with Crippen LogP contribution in [0.5, 0.6) is 0 Å². The van der Waals surface area contributed by atoms with Crippen molar-refractivity contribution in [1.82, 2.24) is 15.1 Å². The van der Waals surface area contributed by atoms with Gasteiger partial charge in [0.15, 0.2) is 5.78 Å². The molecule has 148 valence electrons. The highest BCUT2D eigenvalue weighted by molar-refractivity contribution is 6.09.